The van der Waals surface area contributed by atoms with Crippen LogP contribution in [0.5, 0.6) is 0 Å². The molecule has 0 radical (unpaired) electrons. The third-order valence-electron chi connectivity index (χ3n) is 13.3. The highest BCUT2D eigenvalue weighted by molar-refractivity contribution is 7.47. The van der Waals surface area contributed by atoms with Gasteiger partial charge in [0.2, 0.25) is 0 Å². The Morgan fingerprint density at radius 1 is 0.352 bits per heavy atom. The summed E-state index contributed by atoms with van der Waals surface area (Å²) in [7, 11) is 1.42. The molecule has 0 amide bonds. The van der Waals surface area contributed by atoms with Gasteiger partial charge in [0.05, 0.1) is 27.7 Å². The maximum absolute atomic E-state index is 12.9. The van der Waals surface area contributed by atoms with E-state index in [0.717, 1.165) is 167 Å². The third kappa shape index (κ3) is 69.7. The molecule has 0 fully saturated rings. The number of quaternary nitrogens is 1. The number of hydrogen-bond acceptors (Lipinski definition) is 7. The van der Waals surface area contributed by atoms with Crippen LogP contribution in [0.25, 0.3) is 0 Å². The van der Waals surface area contributed by atoms with Crippen LogP contribution in [0.2, 0.25) is 0 Å². The van der Waals surface area contributed by atoms with Crippen LogP contribution in [-0.4, -0.2) is 74.9 Å². The number of unbranched alkanes of at least 4 members (excludes halogenated alkanes) is 11. The first-order valence-corrected chi connectivity index (χ1v) is 35.3. The molecule has 0 aliphatic rings. The molecule has 0 aliphatic heterocycles. The minimum absolute atomic E-state index is 0.0122. The van der Waals surface area contributed by atoms with Gasteiger partial charge in [-0.1, -0.05) is 265 Å². The molecule has 2 atom stereocenters. The monoisotopic (exact) mass is 1230 g/mol. The van der Waals surface area contributed by atoms with Gasteiger partial charge in [-0.2, -0.15) is 0 Å². The largest absolute Gasteiger partial charge is 0.472 e. The maximum Gasteiger partial charge on any atom is 0.472 e. The lowest BCUT2D eigenvalue weighted by Crippen LogP contribution is -2.37. The number of phosphoric ester groups is 1. The van der Waals surface area contributed by atoms with Gasteiger partial charge >= 0.3 is 19.8 Å². The summed E-state index contributed by atoms with van der Waals surface area (Å²) < 4.78 is 34.6. The number of carbonyl (C=O) groups is 2. The zero-order valence-corrected chi connectivity index (χ0v) is 56.8. The van der Waals surface area contributed by atoms with E-state index in [1.807, 2.05) is 21.1 Å². The summed E-state index contributed by atoms with van der Waals surface area (Å²) in [6.07, 6.45) is 105. The van der Waals surface area contributed by atoms with Crippen LogP contribution in [0.3, 0.4) is 0 Å². The minimum atomic E-state index is -4.42. The number of ether oxygens (including phenoxy) is 2. The highest BCUT2D eigenvalue weighted by Gasteiger charge is 2.27. The van der Waals surface area contributed by atoms with Crippen molar-refractivity contribution in [3.63, 3.8) is 0 Å². The molecular weight excluding hydrogens is 1110 g/mol. The summed E-state index contributed by atoms with van der Waals surface area (Å²) >= 11 is 0. The first-order chi connectivity index (χ1) is 43.0. The molecule has 0 aromatic heterocycles. The number of rotatable bonds is 59. The Kier molecular flexibility index (Phi) is 62.0. The van der Waals surface area contributed by atoms with Crippen molar-refractivity contribution in [3.8, 4) is 0 Å². The summed E-state index contributed by atoms with van der Waals surface area (Å²) in [5.41, 5.74) is 0. The maximum atomic E-state index is 12.9. The zero-order chi connectivity index (χ0) is 64.1. The fourth-order valence-corrected chi connectivity index (χ4v) is 8.94. The fourth-order valence-electron chi connectivity index (χ4n) is 8.20. The van der Waals surface area contributed by atoms with Gasteiger partial charge in [-0.3, -0.25) is 18.6 Å². The summed E-state index contributed by atoms with van der Waals surface area (Å²) in [5.74, 6) is -0.858. The summed E-state index contributed by atoms with van der Waals surface area (Å²) in [4.78, 5) is 35.8. The van der Waals surface area contributed by atoms with Crippen molar-refractivity contribution in [3.05, 3.63) is 207 Å². The molecule has 0 aliphatic carbocycles. The van der Waals surface area contributed by atoms with E-state index in [1.165, 1.54) is 12.8 Å². The molecule has 10 heteroatoms. The van der Waals surface area contributed by atoms with E-state index < -0.39 is 32.5 Å². The summed E-state index contributed by atoms with van der Waals surface area (Å²) in [6.45, 7) is 4.13. The predicted octanol–water partition coefficient (Wildman–Crippen LogP) is 22.3. The second-order valence-corrected chi connectivity index (χ2v) is 24.2. The van der Waals surface area contributed by atoms with Crippen LogP contribution < -0.4 is 0 Å². The van der Waals surface area contributed by atoms with E-state index >= 15 is 0 Å². The van der Waals surface area contributed by atoms with E-state index in [4.69, 9.17) is 18.5 Å². The molecule has 9 nitrogen and oxygen atoms in total. The molecule has 0 spiro atoms. The highest BCUT2D eigenvalue weighted by atomic mass is 31.2. The Morgan fingerprint density at radius 2 is 0.614 bits per heavy atom. The normalized spacial score (nSPS) is 14.5. The topological polar surface area (TPSA) is 108 Å². The molecule has 2 unspecified atom stereocenters. The Labute approximate surface area is 538 Å². The predicted molar refractivity (Wildman–Crippen MR) is 380 cm³/mol. The van der Waals surface area contributed by atoms with Gasteiger partial charge in [0, 0.05) is 12.8 Å². The number of nitrogens with zero attached hydrogens (tertiary/aromatic N) is 1. The van der Waals surface area contributed by atoms with Crippen molar-refractivity contribution in [1.82, 2.24) is 0 Å². The molecule has 88 heavy (non-hydrogen) atoms. The Hall–Kier alpha value is -5.41. The minimum Gasteiger partial charge on any atom is -0.462 e. The molecule has 0 rings (SSSR count). The third-order valence-corrected chi connectivity index (χ3v) is 14.3. The van der Waals surface area contributed by atoms with Crippen LogP contribution >= 0.6 is 7.82 Å². The van der Waals surface area contributed by atoms with E-state index in [2.05, 4.69) is 220 Å². The highest BCUT2D eigenvalue weighted by Crippen LogP contribution is 2.43. The van der Waals surface area contributed by atoms with Crippen LogP contribution in [0, 0.1) is 0 Å². The molecule has 0 saturated heterocycles. The van der Waals surface area contributed by atoms with Gasteiger partial charge in [0.25, 0.3) is 0 Å². The van der Waals surface area contributed by atoms with E-state index in [0.29, 0.717) is 23.9 Å². The average molecular weight is 1230 g/mol. The molecule has 0 aromatic rings. The Balaban J connectivity index is 4.25. The SMILES string of the molecule is CC/C=C\C/C=C\C/C=C\C/C=C\C/C=C\C/C=C\C/C=C\C/C=C\C/C=C\CCCCCCCCCC(=O)OC(COC(=O)CCCCCC/C=C\C/C=C\C/C=C\C/C=C\C/C=C\C/C=C\C/C=C\C/C=C\CC)COP(=O)(O)OCC[N+](C)(C)C. The van der Waals surface area contributed by atoms with Gasteiger partial charge in [0.15, 0.2) is 6.10 Å². The lowest BCUT2D eigenvalue weighted by molar-refractivity contribution is -0.870. The first kappa shape index (κ1) is 82.6. The van der Waals surface area contributed by atoms with Crippen molar-refractivity contribution in [2.45, 2.75) is 225 Å². The summed E-state index contributed by atoms with van der Waals surface area (Å²) in [5, 5.41) is 0. The van der Waals surface area contributed by atoms with Crippen LogP contribution in [0.1, 0.15) is 219 Å². The lowest BCUT2D eigenvalue weighted by atomic mass is 10.1. The van der Waals surface area contributed by atoms with Crippen molar-refractivity contribution in [1.29, 1.82) is 0 Å². The Morgan fingerprint density at radius 3 is 0.909 bits per heavy atom. The molecular formula is C78H123NO8P+. The van der Waals surface area contributed by atoms with Crippen LogP contribution in [0.15, 0.2) is 207 Å². The molecule has 1 N–H and O–H groups in total. The summed E-state index contributed by atoms with van der Waals surface area (Å²) in [6, 6.07) is 0. The first-order valence-electron chi connectivity index (χ1n) is 33.8. The van der Waals surface area contributed by atoms with Gasteiger partial charge in [-0.05, 0) is 148 Å². The molecule has 0 aromatic carbocycles. The zero-order valence-electron chi connectivity index (χ0n) is 55.9. The fraction of sp³-hybridized carbons (Fsp3) is 0.538. The second-order valence-electron chi connectivity index (χ2n) is 22.7. The number of likely N-dealkylation sites (N-methyl/N-ethyl adjacent to an activating group) is 1. The smallest absolute Gasteiger partial charge is 0.462 e. The molecule has 0 heterocycles. The number of carbonyl (C=O) groups excluding carboxylic acids is 2. The molecule has 492 valence electrons. The molecule has 0 bridgehead atoms. The number of allylic oxidation sites excluding steroid dienone is 34. The Bertz CT molecular complexity index is 2240. The van der Waals surface area contributed by atoms with Crippen LogP contribution in [0.4, 0.5) is 0 Å². The van der Waals surface area contributed by atoms with Crippen molar-refractivity contribution >= 4 is 19.8 Å². The van der Waals surface area contributed by atoms with Crippen molar-refractivity contribution < 1.29 is 42.1 Å². The van der Waals surface area contributed by atoms with E-state index in [1.54, 1.807) is 0 Å². The molecule has 0 saturated carbocycles. The second kappa shape index (κ2) is 66.0. The average Bonchev–Trinajstić information content (AvgIpc) is 3.57. The van der Waals surface area contributed by atoms with Gasteiger partial charge in [-0.25, -0.2) is 4.57 Å². The lowest BCUT2D eigenvalue weighted by Gasteiger charge is -2.24. The van der Waals surface area contributed by atoms with Gasteiger partial charge < -0.3 is 18.9 Å². The van der Waals surface area contributed by atoms with Crippen LogP contribution in [-0.2, 0) is 32.7 Å². The van der Waals surface area contributed by atoms with Gasteiger partial charge in [0.1, 0.15) is 19.8 Å². The van der Waals surface area contributed by atoms with Gasteiger partial charge in [-0.15, -0.1) is 0 Å². The van der Waals surface area contributed by atoms with Crippen molar-refractivity contribution in [2.75, 3.05) is 47.5 Å². The standard InChI is InChI=1S/C78H122NO8P/c1-6-8-10-12-14-16-18-20-22-24-26-28-30-32-34-36-37-38-39-40-41-43-45-47-49-51-53-55-57-59-61-63-65-67-69-71-78(81)87-76(75-86-88(82,83)85-73-72-79(3,4)5)74-84-77(80)70-68-66-64-62-60-58-56-54-52-50-48-46-44-42-35-33-31-29-27-25-23-21-19-17-15-13-11-9-7-2/h8-11,14-17,20-23,26-29,32-35,37-38,40-41,44-47,50-53,56,58,76H,6-7,12-13,18-19,24-25,30-31,36,39,42-43,48-49,54-55,57,59-75H2,1-5H3/p+1/b10-8-,11-9-,16-14-,17-15-,22-20-,23-21-,28-26-,29-27-,34-32-,35-33-,38-37-,41-40-,46-44-,47-45-,52-50-,53-51-,58-56-. The quantitative estimate of drug-likeness (QED) is 0.0211. The van der Waals surface area contributed by atoms with E-state index in [9.17, 15) is 19.0 Å². The number of phosphoric acid groups is 1. The van der Waals surface area contributed by atoms with E-state index in [-0.39, 0.29) is 26.1 Å². The number of esters is 2. The van der Waals surface area contributed by atoms with Crippen molar-refractivity contribution in [2.24, 2.45) is 0 Å². The number of hydrogen-bond donors (Lipinski definition) is 1.